The van der Waals surface area contributed by atoms with Crippen molar-refractivity contribution < 1.29 is 4.74 Å². The Kier molecular flexibility index (Phi) is 3.79. The molecule has 2 aromatic carbocycles. The fourth-order valence-electron chi connectivity index (χ4n) is 2.38. The molecular weight excluding hydrogens is 262 g/mol. The van der Waals surface area contributed by atoms with Gasteiger partial charge in [-0.15, -0.1) is 0 Å². The van der Waals surface area contributed by atoms with E-state index >= 15 is 0 Å². The highest BCUT2D eigenvalue weighted by Crippen LogP contribution is 2.21. The first-order valence-corrected chi connectivity index (χ1v) is 6.85. The van der Waals surface area contributed by atoms with Gasteiger partial charge < -0.3 is 10.5 Å². The second-order valence-corrected chi connectivity index (χ2v) is 4.97. The molecule has 1 heterocycles. The molecule has 1 aromatic heterocycles. The molecule has 106 valence electrons. The van der Waals surface area contributed by atoms with Crippen molar-refractivity contribution in [1.82, 2.24) is 9.97 Å². The Labute approximate surface area is 123 Å². The van der Waals surface area contributed by atoms with Crippen LogP contribution in [0.4, 0.5) is 0 Å². The lowest BCUT2D eigenvalue weighted by atomic mass is 9.99. The van der Waals surface area contributed by atoms with Crippen LogP contribution in [0.2, 0.25) is 0 Å². The van der Waals surface area contributed by atoms with Crippen molar-refractivity contribution >= 4 is 11.0 Å². The molecule has 0 saturated heterocycles. The number of rotatable bonds is 4. The van der Waals surface area contributed by atoms with E-state index in [1.54, 1.807) is 19.5 Å². The van der Waals surface area contributed by atoms with Crippen molar-refractivity contribution in [2.24, 2.45) is 5.73 Å². The third kappa shape index (κ3) is 3.01. The standard InChI is InChI=1S/C17H17N3O/c1-21-14-4-2-3-12(9-14)10-15(18)13-5-6-16-17(11-13)20-8-7-19-16/h2-9,11,15H,10,18H2,1H3. The number of methoxy groups -OCH3 is 1. The van der Waals surface area contributed by atoms with Crippen molar-refractivity contribution in [3.63, 3.8) is 0 Å². The van der Waals surface area contributed by atoms with E-state index in [4.69, 9.17) is 10.5 Å². The summed E-state index contributed by atoms with van der Waals surface area (Å²) in [6.07, 6.45) is 4.14. The Morgan fingerprint density at radius 2 is 1.86 bits per heavy atom. The lowest BCUT2D eigenvalue weighted by Gasteiger charge is -2.13. The van der Waals surface area contributed by atoms with E-state index in [1.165, 1.54) is 0 Å². The van der Waals surface area contributed by atoms with Crippen molar-refractivity contribution in [2.75, 3.05) is 7.11 Å². The van der Waals surface area contributed by atoms with Crippen LogP contribution in [0.5, 0.6) is 5.75 Å². The van der Waals surface area contributed by atoms with Gasteiger partial charge >= 0.3 is 0 Å². The van der Waals surface area contributed by atoms with Gasteiger partial charge in [0.25, 0.3) is 0 Å². The second kappa shape index (κ2) is 5.89. The molecule has 0 radical (unpaired) electrons. The summed E-state index contributed by atoms with van der Waals surface area (Å²) in [5.41, 5.74) is 10.3. The number of hydrogen-bond donors (Lipinski definition) is 1. The quantitative estimate of drug-likeness (QED) is 0.797. The maximum absolute atomic E-state index is 6.32. The fraction of sp³-hybridized carbons (Fsp3) is 0.176. The number of aromatic nitrogens is 2. The third-order valence-electron chi connectivity index (χ3n) is 3.51. The molecule has 1 unspecified atom stereocenters. The Balaban J connectivity index is 1.84. The maximum Gasteiger partial charge on any atom is 0.119 e. The number of ether oxygens (including phenoxy) is 1. The summed E-state index contributed by atoms with van der Waals surface area (Å²) >= 11 is 0. The highest BCUT2D eigenvalue weighted by Gasteiger charge is 2.09. The first-order valence-electron chi connectivity index (χ1n) is 6.85. The van der Waals surface area contributed by atoms with E-state index in [9.17, 15) is 0 Å². The largest absolute Gasteiger partial charge is 0.497 e. The van der Waals surface area contributed by atoms with E-state index in [0.717, 1.165) is 34.3 Å². The number of nitrogens with two attached hydrogens (primary N) is 1. The molecule has 0 spiro atoms. The molecule has 2 N–H and O–H groups in total. The maximum atomic E-state index is 6.32. The molecule has 3 aromatic rings. The molecule has 21 heavy (non-hydrogen) atoms. The minimum absolute atomic E-state index is 0.0801. The Bertz CT molecular complexity index is 758. The molecule has 0 fully saturated rings. The van der Waals surface area contributed by atoms with E-state index < -0.39 is 0 Å². The zero-order valence-electron chi connectivity index (χ0n) is 11.9. The Morgan fingerprint density at radius 3 is 2.67 bits per heavy atom. The lowest BCUT2D eigenvalue weighted by Crippen LogP contribution is -2.13. The molecule has 0 aliphatic heterocycles. The highest BCUT2D eigenvalue weighted by molar-refractivity contribution is 5.74. The number of fused-ring (bicyclic) bond motifs is 1. The molecule has 3 rings (SSSR count). The minimum atomic E-state index is -0.0801. The predicted octanol–water partition coefficient (Wildman–Crippen LogP) is 2.88. The summed E-state index contributed by atoms with van der Waals surface area (Å²) in [5, 5.41) is 0. The van der Waals surface area contributed by atoms with Crippen molar-refractivity contribution in [2.45, 2.75) is 12.5 Å². The monoisotopic (exact) mass is 279 g/mol. The molecule has 0 amide bonds. The van der Waals surface area contributed by atoms with Gasteiger partial charge in [0.2, 0.25) is 0 Å². The normalized spacial score (nSPS) is 12.3. The van der Waals surface area contributed by atoms with Gasteiger partial charge in [-0.1, -0.05) is 18.2 Å². The van der Waals surface area contributed by atoms with Crippen LogP contribution >= 0.6 is 0 Å². The molecule has 0 aliphatic rings. The van der Waals surface area contributed by atoms with E-state index in [2.05, 4.69) is 16.0 Å². The topological polar surface area (TPSA) is 61.0 Å². The van der Waals surface area contributed by atoms with Gasteiger partial charge in [0.15, 0.2) is 0 Å². The zero-order valence-corrected chi connectivity index (χ0v) is 11.9. The van der Waals surface area contributed by atoms with Gasteiger partial charge in [0.05, 0.1) is 18.1 Å². The average Bonchev–Trinajstić information content (AvgIpc) is 2.54. The molecule has 4 heteroatoms. The van der Waals surface area contributed by atoms with Gasteiger partial charge in [-0.3, -0.25) is 9.97 Å². The van der Waals surface area contributed by atoms with Gasteiger partial charge in [0, 0.05) is 18.4 Å². The molecular formula is C17H17N3O. The van der Waals surface area contributed by atoms with Crippen molar-refractivity contribution in [1.29, 1.82) is 0 Å². The Hall–Kier alpha value is -2.46. The average molecular weight is 279 g/mol. The summed E-state index contributed by atoms with van der Waals surface area (Å²) in [7, 11) is 1.67. The van der Waals surface area contributed by atoms with Crippen LogP contribution in [-0.4, -0.2) is 17.1 Å². The van der Waals surface area contributed by atoms with Crippen LogP contribution in [0.15, 0.2) is 54.9 Å². The molecule has 0 saturated carbocycles. The zero-order chi connectivity index (χ0) is 14.7. The summed E-state index contributed by atoms with van der Waals surface area (Å²) in [6, 6.07) is 13.9. The van der Waals surface area contributed by atoms with Crippen molar-refractivity contribution in [3.05, 3.63) is 66.0 Å². The minimum Gasteiger partial charge on any atom is -0.497 e. The fourth-order valence-corrected chi connectivity index (χ4v) is 2.38. The van der Waals surface area contributed by atoms with Crippen molar-refractivity contribution in [3.8, 4) is 5.75 Å². The van der Waals surface area contributed by atoms with Gasteiger partial charge in [-0.2, -0.15) is 0 Å². The molecule has 4 nitrogen and oxygen atoms in total. The third-order valence-corrected chi connectivity index (χ3v) is 3.51. The van der Waals surface area contributed by atoms with Gasteiger partial charge in [-0.05, 0) is 41.8 Å². The second-order valence-electron chi connectivity index (χ2n) is 4.97. The molecule has 0 bridgehead atoms. The number of nitrogens with zero attached hydrogens (tertiary/aromatic N) is 2. The molecule has 1 atom stereocenters. The SMILES string of the molecule is COc1cccc(CC(N)c2ccc3nccnc3c2)c1. The van der Waals surface area contributed by atoms with Crippen LogP contribution < -0.4 is 10.5 Å². The van der Waals surface area contributed by atoms with E-state index in [1.807, 2.05) is 36.4 Å². The first-order chi connectivity index (χ1) is 10.3. The number of hydrogen-bond acceptors (Lipinski definition) is 4. The van der Waals surface area contributed by atoms with Crippen LogP contribution in [0.1, 0.15) is 17.2 Å². The van der Waals surface area contributed by atoms with E-state index in [-0.39, 0.29) is 6.04 Å². The molecule has 0 aliphatic carbocycles. The highest BCUT2D eigenvalue weighted by atomic mass is 16.5. The summed E-state index contributed by atoms with van der Waals surface area (Å²) in [5.74, 6) is 0.851. The lowest BCUT2D eigenvalue weighted by molar-refractivity contribution is 0.414. The Morgan fingerprint density at radius 1 is 1.05 bits per heavy atom. The summed E-state index contributed by atoms with van der Waals surface area (Å²) < 4.78 is 5.24. The smallest absolute Gasteiger partial charge is 0.119 e. The van der Waals surface area contributed by atoms with E-state index in [0.29, 0.717) is 0 Å². The van der Waals surface area contributed by atoms with Gasteiger partial charge in [0.1, 0.15) is 5.75 Å². The van der Waals surface area contributed by atoms with Gasteiger partial charge in [-0.25, -0.2) is 0 Å². The van der Waals surface area contributed by atoms with Crippen LogP contribution in [0.3, 0.4) is 0 Å². The number of benzene rings is 2. The predicted molar refractivity (Wildman–Crippen MR) is 83.2 cm³/mol. The van der Waals surface area contributed by atoms with Crippen LogP contribution in [0.25, 0.3) is 11.0 Å². The summed E-state index contributed by atoms with van der Waals surface area (Å²) in [6.45, 7) is 0. The van der Waals surface area contributed by atoms with Crippen LogP contribution in [-0.2, 0) is 6.42 Å². The van der Waals surface area contributed by atoms with Crippen LogP contribution in [0, 0.1) is 0 Å². The summed E-state index contributed by atoms with van der Waals surface area (Å²) in [4.78, 5) is 8.59. The first kappa shape index (κ1) is 13.5.